The summed E-state index contributed by atoms with van der Waals surface area (Å²) >= 11 is 0. The van der Waals surface area contributed by atoms with Gasteiger partial charge in [0.15, 0.2) is 0 Å². The zero-order chi connectivity index (χ0) is 24.1. The number of carbonyl (C=O) groups excluding carboxylic acids is 2. The van der Waals surface area contributed by atoms with Gasteiger partial charge in [-0.25, -0.2) is 4.79 Å². The Balaban J connectivity index is 0.000000451. The molecule has 32 heavy (non-hydrogen) atoms. The third-order valence-corrected chi connectivity index (χ3v) is 5.30. The minimum absolute atomic E-state index is 0.00995. The molecule has 176 valence electrons. The van der Waals surface area contributed by atoms with E-state index in [-0.39, 0.29) is 23.8 Å². The molecule has 0 spiro atoms. The van der Waals surface area contributed by atoms with Gasteiger partial charge in [0.25, 0.3) is 0 Å². The van der Waals surface area contributed by atoms with E-state index >= 15 is 0 Å². The number of carbonyl (C=O) groups is 3. The minimum Gasteiger partial charge on any atom is -0.475 e. The van der Waals surface area contributed by atoms with Crippen LogP contribution >= 0.6 is 0 Å². The topological polar surface area (TPSA) is 113 Å². The third-order valence-electron chi connectivity index (χ3n) is 5.30. The highest BCUT2D eigenvalue weighted by molar-refractivity contribution is 5.88. The van der Waals surface area contributed by atoms with Crippen LogP contribution in [-0.2, 0) is 27.5 Å². The highest BCUT2D eigenvalue weighted by atomic mass is 19.4. The zero-order valence-electron chi connectivity index (χ0n) is 17.9. The van der Waals surface area contributed by atoms with Crippen molar-refractivity contribution < 1.29 is 32.7 Å². The van der Waals surface area contributed by atoms with E-state index < -0.39 is 18.2 Å². The van der Waals surface area contributed by atoms with Gasteiger partial charge in [-0.1, -0.05) is 44.2 Å². The number of aliphatic carboxylic acids is 1. The largest absolute Gasteiger partial charge is 0.490 e. The lowest BCUT2D eigenvalue weighted by Crippen LogP contribution is -2.48. The molecule has 0 saturated heterocycles. The van der Waals surface area contributed by atoms with Crippen LogP contribution in [0.2, 0.25) is 0 Å². The van der Waals surface area contributed by atoms with Crippen LogP contribution in [0.25, 0.3) is 0 Å². The summed E-state index contributed by atoms with van der Waals surface area (Å²) in [6.45, 7) is 5.16. The Bertz CT molecular complexity index is 841. The predicted molar refractivity (Wildman–Crippen MR) is 111 cm³/mol. The molecule has 1 aromatic rings. The quantitative estimate of drug-likeness (QED) is 0.571. The molecule has 7 nitrogen and oxygen atoms in total. The molecule has 1 aromatic carbocycles. The Hall–Kier alpha value is -2.88. The Morgan fingerprint density at radius 2 is 1.66 bits per heavy atom. The number of nitrogens with one attached hydrogen (secondary N) is 1. The number of nitrogens with two attached hydrogens (primary N) is 1. The number of amides is 2. The zero-order valence-corrected chi connectivity index (χ0v) is 17.9. The summed E-state index contributed by atoms with van der Waals surface area (Å²) in [7, 11) is 0. The first-order chi connectivity index (χ1) is 14.9. The van der Waals surface area contributed by atoms with Gasteiger partial charge in [0.1, 0.15) is 0 Å². The van der Waals surface area contributed by atoms with E-state index in [9.17, 15) is 22.8 Å². The SMILES string of the molecule is CC(C)[C@H](N)C(=O)N[C@H](/C=C/C(=O)N1Cc2ccccc2C1)C1CC1.O=C(O)C(F)(F)F. The fourth-order valence-electron chi connectivity index (χ4n) is 3.12. The molecule has 3 rings (SSSR count). The summed E-state index contributed by atoms with van der Waals surface area (Å²) in [5, 5.41) is 10.1. The summed E-state index contributed by atoms with van der Waals surface area (Å²) in [5.74, 6) is -2.40. The van der Waals surface area contributed by atoms with E-state index in [1.54, 1.807) is 6.08 Å². The maximum absolute atomic E-state index is 12.5. The second-order valence-electron chi connectivity index (χ2n) is 8.27. The van der Waals surface area contributed by atoms with Gasteiger partial charge in [0.2, 0.25) is 11.8 Å². The van der Waals surface area contributed by atoms with Crippen molar-refractivity contribution in [3.8, 4) is 0 Å². The van der Waals surface area contributed by atoms with Crippen molar-refractivity contribution in [3.63, 3.8) is 0 Å². The summed E-state index contributed by atoms with van der Waals surface area (Å²) in [6, 6.07) is 7.50. The molecule has 4 N–H and O–H groups in total. The monoisotopic (exact) mass is 455 g/mol. The summed E-state index contributed by atoms with van der Waals surface area (Å²) in [6.07, 6.45) is 0.523. The fourth-order valence-corrected chi connectivity index (χ4v) is 3.12. The molecule has 0 radical (unpaired) electrons. The Kier molecular flexibility index (Phi) is 8.43. The van der Waals surface area contributed by atoms with Crippen molar-refractivity contribution in [1.82, 2.24) is 10.2 Å². The fraction of sp³-hybridized carbons (Fsp3) is 0.500. The number of rotatable bonds is 6. The first kappa shape index (κ1) is 25.4. The first-order valence-corrected chi connectivity index (χ1v) is 10.3. The highest BCUT2D eigenvalue weighted by Crippen LogP contribution is 2.33. The number of carboxylic acids is 1. The van der Waals surface area contributed by atoms with Gasteiger partial charge in [-0.3, -0.25) is 9.59 Å². The molecule has 1 fully saturated rings. The van der Waals surface area contributed by atoms with Crippen LogP contribution in [0.5, 0.6) is 0 Å². The number of hydrogen-bond donors (Lipinski definition) is 3. The number of fused-ring (bicyclic) bond motifs is 1. The lowest BCUT2D eigenvalue weighted by molar-refractivity contribution is -0.192. The predicted octanol–water partition coefficient (Wildman–Crippen LogP) is 2.60. The van der Waals surface area contributed by atoms with Crippen molar-refractivity contribution in [2.75, 3.05) is 0 Å². The Morgan fingerprint density at radius 3 is 2.06 bits per heavy atom. The highest BCUT2D eigenvalue weighted by Gasteiger charge is 2.38. The van der Waals surface area contributed by atoms with Gasteiger partial charge in [-0.15, -0.1) is 0 Å². The van der Waals surface area contributed by atoms with Crippen LogP contribution < -0.4 is 11.1 Å². The minimum atomic E-state index is -5.08. The number of hydrogen-bond acceptors (Lipinski definition) is 4. The van der Waals surface area contributed by atoms with E-state index in [4.69, 9.17) is 15.6 Å². The van der Waals surface area contributed by atoms with Gasteiger partial charge >= 0.3 is 12.1 Å². The van der Waals surface area contributed by atoms with Gasteiger partial charge in [-0.05, 0) is 35.8 Å². The van der Waals surface area contributed by atoms with Gasteiger partial charge in [0, 0.05) is 19.2 Å². The second kappa shape index (κ2) is 10.6. The summed E-state index contributed by atoms with van der Waals surface area (Å²) in [4.78, 5) is 35.4. The third kappa shape index (κ3) is 7.37. The van der Waals surface area contributed by atoms with Crippen molar-refractivity contribution in [1.29, 1.82) is 0 Å². The molecule has 2 atom stereocenters. The maximum atomic E-state index is 12.5. The molecule has 0 aromatic heterocycles. The average Bonchev–Trinajstić information content (AvgIpc) is 3.47. The normalized spacial score (nSPS) is 17.4. The van der Waals surface area contributed by atoms with Gasteiger partial charge in [-0.2, -0.15) is 13.2 Å². The van der Waals surface area contributed by atoms with E-state index in [0.717, 1.165) is 12.8 Å². The van der Waals surface area contributed by atoms with Gasteiger partial charge in [0.05, 0.1) is 12.1 Å². The molecular formula is C22H28F3N3O4. The van der Waals surface area contributed by atoms with E-state index in [1.807, 2.05) is 37.0 Å². The maximum Gasteiger partial charge on any atom is 0.490 e. The molecule has 1 saturated carbocycles. The van der Waals surface area contributed by atoms with Crippen LogP contribution in [0.3, 0.4) is 0 Å². The van der Waals surface area contributed by atoms with Crippen molar-refractivity contribution in [2.45, 2.75) is 58.0 Å². The van der Waals surface area contributed by atoms with E-state index in [0.29, 0.717) is 19.0 Å². The number of nitrogens with zero attached hydrogens (tertiary/aromatic N) is 1. The molecule has 0 bridgehead atoms. The van der Waals surface area contributed by atoms with Crippen LogP contribution in [0.15, 0.2) is 36.4 Å². The Morgan fingerprint density at radius 1 is 1.16 bits per heavy atom. The number of carboxylic acid groups (broad SMARTS) is 1. The van der Waals surface area contributed by atoms with E-state index in [2.05, 4.69) is 17.4 Å². The van der Waals surface area contributed by atoms with Crippen LogP contribution in [-0.4, -0.2) is 46.1 Å². The molecule has 1 heterocycles. The first-order valence-electron chi connectivity index (χ1n) is 10.3. The molecule has 10 heteroatoms. The molecule has 2 aliphatic rings. The lowest BCUT2D eigenvalue weighted by Gasteiger charge is -2.20. The molecular weight excluding hydrogens is 427 g/mol. The average molecular weight is 455 g/mol. The number of halogens is 3. The molecule has 2 amide bonds. The van der Waals surface area contributed by atoms with Crippen molar-refractivity contribution >= 4 is 17.8 Å². The number of benzene rings is 1. The standard InChI is InChI=1S/C20H27N3O2.C2HF3O2/c1-13(2)19(21)20(25)22-17(14-7-8-14)9-10-18(24)23-11-15-5-3-4-6-16(15)12-23;3-2(4,5)1(6)7/h3-6,9-10,13-14,17,19H,7-8,11-12,21H2,1-2H3,(H,22,25);(H,6,7)/b10-9+;/t17-,19+;/m1./s1. The summed E-state index contributed by atoms with van der Waals surface area (Å²) < 4.78 is 31.7. The molecule has 1 aliphatic carbocycles. The molecule has 0 unspecified atom stereocenters. The second-order valence-corrected chi connectivity index (χ2v) is 8.27. The van der Waals surface area contributed by atoms with Crippen molar-refractivity contribution in [2.24, 2.45) is 17.6 Å². The van der Waals surface area contributed by atoms with E-state index in [1.165, 1.54) is 11.1 Å². The summed E-state index contributed by atoms with van der Waals surface area (Å²) in [5.41, 5.74) is 8.34. The van der Waals surface area contributed by atoms with Gasteiger partial charge < -0.3 is 21.1 Å². The van der Waals surface area contributed by atoms with Crippen LogP contribution in [0.1, 0.15) is 37.8 Å². The smallest absolute Gasteiger partial charge is 0.475 e. The molecule has 1 aliphatic heterocycles. The Labute approximate surface area is 184 Å². The number of alkyl halides is 3. The lowest BCUT2D eigenvalue weighted by atomic mass is 10.0. The van der Waals surface area contributed by atoms with Crippen LogP contribution in [0, 0.1) is 11.8 Å². The van der Waals surface area contributed by atoms with Crippen molar-refractivity contribution in [3.05, 3.63) is 47.5 Å². The van der Waals surface area contributed by atoms with Crippen LogP contribution in [0.4, 0.5) is 13.2 Å².